The summed E-state index contributed by atoms with van der Waals surface area (Å²) in [6.45, 7) is 1.96. The Hall–Kier alpha value is -1.84. The fourth-order valence-corrected chi connectivity index (χ4v) is 2.89. The van der Waals surface area contributed by atoms with E-state index >= 15 is 0 Å². The highest BCUT2D eigenvalue weighted by atomic mass is 16.4. The lowest BCUT2D eigenvalue weighted by Gasteiger charge is -2.38. The zero-order valence-electron chi connectivity index (χ0n) is 10.6. The van der Waals surface area contributed by atoms with E-state index in [1.54, 1.807) is 0 Å². The highest BCUT2D eigenvalue weighted by Gasteiger charge is 2.46. The zero-order valence-corrected chi connectivity index (χ0v) is 10.6. The van der Waals surface area contributed by atoms with Gasteiger partial charge in [0.05, 0.1) is 16.6 Å². The second kappa shape index (κ2) is 3.57. The van der Waals surface area contributed by atoms with Gasteiger partial charge in [-0.3, -0.25) is 9.48 Å². The summed E-state index contributed by atoms with van der Waals surface area (Å²) >= 11 is 0. The second-order valence-corrected chi connectivity index (χ2v) is 5.18. The number of carboxylic acid groups (broad SMARTS) is 1. The Labute approximate surface area is 105 Å². The maximum Gasteiger partial charge on any atom is 0.314 e. The van der Waals surface area contributed by atoms with Crippen LogP contribution in [0.4, 0.5) is 0 Å². The Kier molecular flexibility index (Phi) is 2.24. The van der Waals surface area contributed by atoms with E-state index in [2.05, 4.69) is 5.10 Å². The minimum atomic E-state index is -0.699. The highest BCUT2D eigenvalue weighted by Crippen LogP contribution is 2.44. The van der Waals surface area contributed by atoms with Crippen LogP contribution in [-0.2, 0) is 17.3 Å². The van der Waals surface area contributed by atoms with Gasteiger partial charge in [-0.1, -0.05) is 12.5 Å². The molecule has 1 aliphatic carbocycles. The molecule has 94 valence electrons. The van der Waals surface area contributed by atoms with Gasteiger partial charge in [-0.25, -0.2) is 0 Å². The van der Waals surface area contributed by atoms with E-state index in [0.717, 1.165) is 41.4 Å². The fourth-order valence-electron chi connectivity index (χ4n) is 2.89. The SMILES string of the molecule is Cc1nn(C)c2ccc(C3(C(=O)O)CCC3)cc12. The van der Waals surface area contributed by atoms with Gasteiger partial charge in [0, 0.05) is 12.4 Å². The van der Waals surface area contributed by atoms with Crippen molar-refractivity contribution in [2.24, 2.45) is 7.05 Å². The first-order valence-electron chi connectivity index (χ1n) is 6.22. The molecule has 4 heteroatoms. The van der Waals surface area contributed by atoms with Crippen LogP contribution in [-0.4, -0.2) is 20.9 Å². The average Bonchev–Trinajstić information content (AvgIpc) is 2.52. The molecule has 0 saturated heterocycles. The van der Waals surface area contributed by atoms with Gasteiger partial charge in [-0.15, -0.1) is 0 Å². The number of hydrogen-bond donors (Lipinski definition) is 1. The van der Waals surface area contributed by atoms with Gasteiger partial charge in [-0.2, -0.15) is 5.10 Å². The molecule has 0 radical (unpaired) electrons. The van der Waals surface area contributed by atoms with E-state index in [0.29, 0.717) is 0 Å². The van der Waals surface area contributed by atoms with Crippen LogP contribution in [0.5, 0.6) is 0 Å². The number of hydrogen-bond acceptors (Lipinski definition) is 2. The fraction of sp³-hybridized carbons (Fsp3) is 0.429. The lowest BCUT2D eigenvalue weighted by Crippen LogP contribution is -2.42. The molecular formula is C14H16N2O2. The molecule has 0 bridgehead atoms. The number of aromatic nitrogens is 2. The number of fused-ring (bicyclic) bond motifs is 1. The van der Waals surface area contributed by atoms with Gasteiger partial charge >= 0.3 is 5.97 Å². The van der Waals surface area contributed by atoms with Crippen LogP contribution in [0.3, 0.4) is 0 Å². The van der Waals surface area contributed by atoms with Gasteiger partial charge in [0.25, 0.3) is 0 Å². The highest BCUT2D eigenvalue weighted by molar-refractivity contribution is 5.87. The van der Waals surface area contributed by atoms with Crippen molar-refractivity contribution in [2.45, 2.75) is 31.6 Å². The predicted molar refractivity (Wildman–Crippen MR) is 68.6 cm³/mol. The molecule has 0 amide bonds. The van der Waals surface area contributed by atoms with E-state index in [-0.39, 0.29) is 0 Å². The second-order valence-electron chi connectivity index (χ2n) is 5.18. The number of nitrogens with zero attached hydrogens (tertiary/aromatic N) is 2. The van der Waals surface area contributed by atoms with Crippen molar-refractivity contribution in [2.75, 3.05) is 0 Å². The predicted octanol–water partition coefficient (Wildman–Crippen LogP) is 2.39. The first kappa shape index (κ1) is 11.3. The number of carboxylic acids is 1. The molecule has 4 nitrogen and oxygen atoms in total. The van der Waals surface area contributed by atoms with Crippen LogP contribution in [0, 0.1) is 6.92 Å². The van der Waals surface area contributed by atoms with E-state index in [4.69, 9.17) is 0 Å². The quantitative estimate of drug-likeness (QED) is 0.882. The maximum absolute atomic E-state index is 11.5. The molecule has 2 aromatic rings. The third-order valence-electron chi connectivity index (χ3n) is 4.20. The lowest BCUT2D eigenvalue weighted by atomic mass is 9.64. The van der Waals surface area contributed by atoms with Crippen molar-refractivity contribution in [3.05, 3.63) is 29.5 Å². The molecule has 1 aromatic carbocycles. The van der Waals surface area contributed by atoms with Crippen molar-refractivity contribution >= 4 is 16.9 Å². The van der Waals surface area contributed by atoms with E-state index < -0.39 is 11.4 Å². The molecule has 3 rings (SSSR count). The Morgan fingerprint density at radius 3 is 2.72 bits per heavy atom. The molecule has 1 saturated carbocycles. The van der Waals surface area contributed by atoms with Crippen LogP contribution in [0.1, 0.15) is 30.5 Å². The summed E-state index contributed by atoms with van der Waals surface area (Å²) in [4.78, 5) is 11.5. The van der Waals surface area contributed by atoms with E-state index in [9.17, 15) is 9.90 Å². The molecule has 0 aliphatic heterocycles. The van der Waals surface area contributed by atoms with Crippen LogP contribution in [0.2, 0.25) is 0 Å². The minimum Gasteiger partial charge on any atom is -0.481 e. The number of aliphatic carboxylic acids is 1. The number of aryl methyl sites for hydroxylation is 2. The molecular weight excluding hydrogens is 228 g/mol. The summed E-state index contributed by atoms with van der Waals surface area (Å²) < 4.78 is 1.84. The van der Waals surface area contributed by atoms with Crippen molar-refractivity contribution in [1.29, 1.82) is 0 Å². The topological polar surface area (TPSA) is 55.1 Å². The first-order valence-corrected chi connectivity index (χ1v) is 6.22. The Morgan fingerprint density at radius 2 is 2.17 bits per heavy atom. The molecule has 0 unspecified atom stereocenters. The van der Waals surface area contributed by atoms with Crippen LogP contribution in [0.15, 0.2) is 18.2 Å². The monoisotopic (exact) mass is 244 g/mol. The summed E-state index contributed by atoms with van der Waals surface area (Å²) in [6.07, 6.45) is 2.48. The normalized spacial score (nSPS) is 17.7. The Balaban J connectivity index is 2.19. The summed E-state index contributed by atoms with van der Waals surface area (Å²) in [6, 6.07) is 5.93. The van der Waals surface area contributed by atoms with Gasteiger partial charge in [0.15, 0.2) is 0 Å². The smallest absolute Gasteiger partial charge is 0.314 e. The molecule has 0 spiro atoms. The van der Waals surface area contributed by atoms with Gasteiger partial charge in [0.1, 0.15) is 0 Å². The minimum absolute atomic E-state index is 0.656. The number of carbonyl (C=O) groups is 1. The van der Waals surface area contributed by atoms with Gasteiger partial charge in [-0.05, 0) is 37.5 Å². The summed E-state index contributed by atoms with van der Waals surface area (Å²) in [5.74, 6) is -0.699. The largest absolute Gasteiger partial charge is 0.481 e. The molecule has 1 fully saturated rings. The van der Waals surface area contributed by atoms with Gasteiger partial charge in [0.2, 0.25) is 0 Å². The first-order chi connectivity index (χ1) is 8.54. The molecule has 1 aliphatic rings. The van der Waals surface area contributed by atoms with Crippen LogP contribution < -0.4 is 0 Å². The third kappa shape index (κ3) is 1.32. The summed E-state index contributed by atoms with van der Waals surface area (Å²) in [7, 11) is 1.91. The summed E-state index contributed by atoms with van der Waals surface area (Å²) in [5.41, 5.74) is 2.27. The van der Waals surface area contributed by atoms with Crippen molar-refractivity contribution < 1.29 is 9.90 Å². The number of rotatable bonds is 2. The zero-order chi connectivity index (χ0) is 12.9. The van der Waals surface area contributed by atoms with Crippen molar-refractivity contribution in [1.82, 2.24) is 9.78 Å². The molecule has 1 N–H and O–H groups in total. The molecule has 0 atom stereocenters. The van der Waals surface area contributed by atoms with E-state index in [1.165, 1.54) is 0 Å². The van der Waals surface area contributed by atoms with Crippen LogP contribution in [0.25, 0.3) is 10.9 Å². The average molecular weight is 244 g/mol. The van der Waals surface area contributed by atoms with Gasteiger partial charge < -0.3 is 5.11 Å². The van der Waals surface area contributed by atoms with Crippen molar-refractivity contribution in [3.63, 3.8) is 0 Å². The number of benzene rings is 1. The van der Waals surface area contributed by atoms with Crippen LogP contribution >= 0.6 is 0 Å². The van der Waals surface area contributed by atoms with E-state index in [1.807, 2.05) is 36.9 Å². The molecule has 1 heterocycles. The van der Waals surface area contributed by atoms with Crippen molar-refractivity contribution in [3.8, 4) is 0 Å². The standard InChI is InChI=1S/C14H16N2O2/c1-9-11-8-10(4-5-12(11)16(2)15-9)14(13(17)18)6-3-7-14/h4-5,8H,3,6-7H2,1-2H3,(H,17,18). The Bertz CT molecular complexity index is 639. The summed E-state index contributed by atoms with van der Waals surface area (Å²) in [5, 5.41) is 14.9. The molecule has 1 aromatic heterocycles. The maximum atomic E-state index is 11.5. The lowest BCUT2D eigenvalue weighted by molar-refractivity contribution is -0.147. The molecule has 18 heavy (non-hydrogen) atoms. The Morgan fingerprint density at radius 1 is 1.44 bits per heavy atom. The third-order valence-corrected chi connectivity index (χ3v) is 4.20.